The molecular weight excluding hydrogens is 344 g/mol. The van der Waals surface area contributed by atoms with Gasteiger partial charge in [-0.25, -0.2) is 13.2 Å². The fraction of sp³-hybridized carbons (Fsp3) is 0.200. The molecule has 0 amide bonds. The molecule has 0 radical (unpaired) electrons. The van der Waals surface area contributed by atoms with Gasteiger partial charge < -0.3 is 5.11 Å². The minimum absolute atomic E-state index is 0.0485. The first-order valence-electron chi connectivity index (χ1n) is 5.19. The van der Waals surface area contributed by atoms with Gasteiger partial charge in [-0.3, -0.25) is 4.31 Å². The number of halogens is 1. The van der Waals surface area contributed by atoms with Crippen LogP contribution in [0.5, 0.6) is 0 Å². The predicted octanol–water partition coefficient (Wildman–Crippen LogP) is 2.69. The van der Waals surface area contributed by atoms with Crippen molar-refractivity contribution in [3.8, 4) is 0 Å². The van der Waals surface area contributed by atoms with Gasteiger partial charge in [-0.15, -0.1) is 11.3 Å². The van der Waals surface area contributed by atoms with Crippen LogP contribution in [-0.4, -0.2) is 30.9 Å². The van der Waals surface area contributed by atoms with Gasteiger partial charge in [0, 0.05) is 7.05 Å². The Morgan fingerprint density at radius 3 is 2.60 bits per heavy atom. The Hall–Kier alpha value is -1.16. The third-order valence-corrected chi connectivity index (χ3v) is 7.10. The van der Waals surface area contributed by atoms with Crippen LogP contribution in [0.4, 0.5) is 5.00 Å². The number of thiophene rings is 1. The van der Waals surface area contributed by atoms with E-state index in [1.807, 2.05) is 0 Å². The van der Waals surface area contributed by atoms with E-state index in [9.17, 15) is 13.2 Å². The van der Waals surface area contributed by atoms with Gasteiger partial charge in [-0.05, 0) is 30.6 Å². The fourth-order valence-electron chi connectivity index (χ4n) is 1.50. The van der Waals surface area contributed by atoms with Crippen LogP contribution in [-0.2, 0) is 10.0 Å². The summed E-state index contributed by atoms with van der Waals surface area (Å²) in [5.74, 6) is -1.21. The average Bonchev–Trinajstić information content (AvgIpc) is 2.94. The fourth-order valence-corrected chi connectivity index (χ4v) is 5.41. The molecule has 0 aliphatic heterocycles. The van der Waals surface area contributed by atoms with Gasteiger partial charge in [0.2, 0.25) is 0 Å². The van der Waals surface area contributed by atoms with E-state index in [1.165, 1.54) is 26.1 Å². The molecule has 108 valence electrons. The van der Waals surface area contributed by atoms with E-state index in [4.69, 9.17) is 16.7 Å². The van der Waals surface area contributed by atoms with Crippen LogP contribution in [0.1, 0.15) is 16.1 Å². The third kappa shape index (κ3) is 2.53. The van der Waals surface area contributed by atoms with E-state index in [0.29, 0.717) is 4.34 Å². The molecular formula is C10H9ClN2O4S3. The first kappa shape index (κ1) is 15.2. The van der Waals surface area contributed by atoms with Gasteiger partial charge in [0.1, 0.15) is 14.8 Å². The van der Waals surface area contributed by atoms with Crippen molar-refractivity contribution < 1.29 is 18.3 Å². The smallest absolute Gasteiger partial charge is 0.340 e. The number of carboxylic acid groups (broad SMARTS) is 1. The number of aryl methyl sites for hydroxylation is 1. The number of carbonyl (C=O) groups is 1. The molecule has 0 saturated carbocycles. The first-order chi connectivity index (χ1) is 9.25. The molecule has 0 unspecified atom stereocenters. The highest BCUT2D eigenvalue weighted by Crippen LogP contribution is 2.34. The van der Waals surface area contributed by atoms with Crippen LogP contribution in [0.15, 0.2) is 16.3 Å². The van der Waals surface area contributed by atoms with E-state index in [0.717, 1.165) is 27.2 Å². The van der Waals surface area contributed by atoms with E-state index in [-0.39, 0.29) is 20.5 Å². The van der Waals surface area contributed by atoms with Gasteiger partial charge in [0.15, 0.2) is 0 Å². The SMILES string of the molecule is Cc1nsc(N(C)S(=O)(=O)c2ccc(Cl)s2)c1C(=O)O. The summed E-state index contributed by atoms with van der Waals surface area (Å²) in [5, 5.41) is 9.22. The number of rotatable bonds is 4. The van der Waals surface area contributed by atoms with Gasteiger partial charge in [0.05, 0.1) is 10.0 Å². The molecule has 0 aromatic carbocycles. The second-order valence-corrected chi connectivity index (χ2v) is 8.45. The van der Waals surface area contributed by atoms with Gasteiger partial charge in [-0.1, -0.05) is 11.6 Å². The Labute approximate surface area is 128 Å². The number of aromatic nitrogens is 1. The number of hydrogen-bond acceptors (Lipinski definition) is 6. The maximum atomic E-state index is 12.4. The summed E-state index contributed by atoms with van der Waals surface area (Å²) in [6, 6.07) is 2.86. The number of anilines is 1. The monoisotopic (exact) mass is 352 g/mol. The highest BCUT2D eigenvalue weighted by molar-refractivity contribution is 7.95. The summed E-state index contributed by atoms with van der Waals surface area (Å²) in [6.07, 6.45) is 0. The largest absolute Gasteiger partial charge is 0.478 e. The summed E-state index contributed by atoms with van der Waals surface area (Å²) < 4.78 is 30.0. The number of nitrogens with zero attached hydrogens (tertiary/aromatic N) is 2. The Kier molecular flexibility index (Phi) is 4.05. The molecule has 2 aromatic rings. The Bertz CT molecular complexity index is 765. The van der Waals surface area contributed by atoms with Crippen LogP contribution < -0.4 is 4.31 Å². The van der Waals surface area contributed by atoms with Crippen molar-refractivity contribution in [2.45, 2.75) is 11.1 Å². The molecule has 0 saturated heterocycles. The van der Waals surface area contributed by atoms with E-state index in [2.05, 4.69) is 4.37 Å². The number of aromatic carboxylic acids is 1. The normalized spacial score (nSPS) is 11.6. The van der Waals surface area contributed by atoms with Gasteiger partial charge >= 0.3 is 5.97 Å². The van der Waals surface area contributed by atoms with Crippen LogP contribution in [0.2, 0.25) is 4.34 Å². The molecule has 20 heavy (non-hydrogen) atoms. The van der Waals surface area contributed by atoms with Crippen molar-refractivity contribution in [1.82, 2.24) is 4.37 Å². The zero-order chi connectivity index (χ0) is 15.1. The van der Waals surface area contributed by atoms with E-state index >= 15 is 0 Å². The minimum Gasteiger partial charge on any atom is -0.478 e. The molecule has 0 aliphatic carbocycles. The van der Waals surface area contributed by atoms with E-state index in [1.54, 1.807) is 0 Å². The molecule has 1 N–H and O–H groups in total. The topological polar surface area (TPSA) is 87.6 Å². The number of sulfonamides is 1. The summed E-state index contributed by atoms with van der Waals surface area (Å²) in [5.41, 5.74) is 0.174. The molecule has 0 aliphatic rings. The molecule has 0 spiro atoms. The standard InChI is InChI=1S/C10H9ClN2O4S3/c1-5-8(10(14)15)9(19-12-5)13(2)20(16,17)7-4-3-6(11)18-7/h3-4H,1-2H3,(H,14,15). The third-order valence-electron chi connectivity index (χ3n) is 2.51. The minimum atomic E-state index is -3.84. The molecule has 0 atom stereocenters. The van der Waals surface area contributed by atoms with Gasteiger partial charge in [-0.2, -0.15) is 4.37 Å². The van der Waals surface area contributed by atoms with Crippen molar-refractivity contribution >= 4 is 55.5 Å². The molecule has 0 bridgehead atoms. The maximum absolute atomic E-state index is 12.4. The Balaban J connectivity index is 2.51. The highest BCUT2D eigenvalue weighted by atomic mass is 35.5. The lowest BCUT2D eigenvalue weighted by molar-refractivity contribution is 0.0697. The zero-order valence-electron chi connectivity index (χ0n) is 10.3. The zero-order valence-corrected chi connectivity index (χ0v) is 13.5. The molecule has 2 rings (SSSR count). The molecule has 0 fully saturated rings. The van der Waals surface area contributed by atoms with E-state index < -0.39 is 16.0 Å². The Morgan fingerprint density at radius 2 is 2.10 bits per heavy atom. The molecule has 10 heteroatoms. The second-order valence-electron chi connectivity index (χ2n) is 3.78. The Morgan fingerprint density at radius 1 is 1.45 bits per heavy atom. The number of hydrogen-bond donors (Lipinski definition) is 1. The summed E-state index contributed by atoms with van der Waals surface area (Å²) in [7, 11) is -2.55. The van der Waals surface area contributed by atoms with Crippen LogP contribution >= 0.6 is 34.5 Å². The first-order valence-corrected chi connectivity index (χ1v) is 8.59. The lowest BCUT2D eigenvalue weighted by Gasteiger charge is -2.16. The quantitative estimate of drug-likeness (QED) is 0.914. The summed E-state index contributed by atoms with van der Waals surface area (Å²) in [4.78, 5) is 11.2. The van der Waals surface area contributed by atoms with Crippen LogP contribution in [0.3, 0.4) is 0 Å². The highest BCUT2D eigenvalue weighted by Gasteiger charge is 2.29. The lowest BCUT2D eigenvalue weighted by atomic mass is 10.2. The van der Waals surface area contributed by atoms with Crippen LogP contribution in [0, 0.1) is 6.92 Å². The van der Waals surface area contributed by atoms with Crippen molar-refractivity contribution in [3.05, 3.63) is 27.7 Å². The maximum Gasteiger partial charge on any atom is 0.340 e. The average molecular weight is 353 g/mol. The van der Waals surface area contributed by atoms with Gasteiger partial charge in [0.25, 0.3) is 10.0 Å². The van der Waals surface area contributed by atoms with Crippen molar-refractivity contribution in [1.29, 1.82) is 0 Å². The second kappa shape index (κ2) is 5.32. The lowest BCUT2D eigenvalue weighted by Crippen LogP contribution is -2.26. The van der Waals surface area contributed by atoms with Crippen molar-refractivity contribution in [2.24, 2.45) is 0 Å². The molecule has 2 aromatic heterocycles. The summed E-state index contributed by atoms with van der Waals surface area (Å²) >= 11 is 7.47. The molecule has 6 nitrogen and oxygen atoms in total. The summed E-state index contributed by atoms with van der Waals surface area (Å²) in [6.45, 7) is 1.52. The van der Waals surface area contributed by atoms with Crippen LogP contribution in [0.25, 0.3) is 0 Å². The van der Waals surface area contributed by atoms with Crippen molar-refractivity contribution in [3.63, 3.8) is 0 Å². The predicted molar refractivity (Wildman–Crippen MR) is 78.7 cm³/mol. The number of carboxylic acids is 1. The molecule has 2 heterocycles. The van der Waals surface area contributed by atoms with Crippen molar-refractivity contribution in [2.75, 3.05) is 11.4 Å².